The summed E-state index contributed by atoms with van der Waals surface area (Å²) >= 11 is 0. The van der Waals surface area contributed by atoms with Gasteiger partial charge in [0, 0.05) is 18.4 Å². The van der Waals surface area contributed by atoms with Crippen LogP contribution in [0.1, 0.15) is 42.5 Å². The molecule has 0 fully saturated rings. The van der Waals surface area contributed by atoms with Crippen LogP contribution >= 0.6 is 0 Å². The van der Waals surface area contributed by atoms with E-state index in [1.165, 1.54) is 11.1 Å². The lowest BCUT2D eigenvalue weighted by molar-refractivity contribution is -0.940. The molecule has 7 heteroatoms. The van der Waals surface area contributed by atoms with Crippen molar-refractivity contribution in [1.29, 1.82) is 0 Å². The van der Waals surface area contributed by atoms with Crippen LogP contribution in [0, 0.1) is 0 Å². The molecular weight excluding hydrogens is 434 g/mol. The van der Waals surface area contributed by atoms with Crippen LogP contribution in [-0.4, -0.2) is 65.6 Å². The van der Waals surface area contributed by atoms with Crippen molar-refractivity contribution >= 4 is 5.97 Å². The molecule has 2 atom stereocenters. The molecule has 3 rings (SSSR count). The Balaban J connectivity index is 1.99. The second kappa shape index (κ2) is 11.5. The van der Waals surface area contributed by atoms with Gasteiger partial charge in [-0.2, -0.15) is 0 Å². The van der Waals surface area contributed by atoms with Crippen LogP contribution in [0.2, 0.25) is 0 Å². The summed E-state index contributed by atoms with van der Waals surface area (Å²) in [7, 11) is 8.85. The van der Waals surface area contributed by atoms with E-state index in [1.54, 1.807) is 28.4 Å². The van der Waals surface area contributed by atoms with E-state index in [0.717, 1.165) is 47.4 Å². The Kier molecular flexibility index (Phi) is 8.67. The van der Waals surface area contributed by atoms with Gasteiger partial charge in [0.15, 0.2) is 23.0 Å². The number of likely N-dealkylation sites (N-methyl/N-ethyl adjacent to an activating group) is 1. The summed E-state index contributed by atoms with van der Waals surface area (Å²) in [5.74, 6) is 2.74. The monoisotopic (exact) mass is 472 g/mol. The first-order valence-electron chi connectivity index (χ1n) is 11.8. The van der Waals surface area contributed by atoms with Crippen molar-refractivity contribution in [2.75, 3.05) is 55.2 Å². The minimum absolute atomic E-state index is 0.126. The smallest absolute Gasteiger partial charge is 0.311 e. The van der Waals surface area contributed by atoms with Crippen molar-refractivity contribution in [3.8, 4) is 23.0 Å². The van der Waals surface area contributed by atoms with Gasteiger partial charge < -0.3 is 28.2 Å². The van der Waals surface area contributed by atoms with Gasteiger partial charge in [-0.05, 0) is 41.8 Å². The third kappa shape index (κ3) is 5.58. The summed E-state index contributed by atoms with van der Waals surface area (Å²) < 4.78 is 28.2. The number of methoxy groups -OCH3 is 4. The highest BCUT2D eigenvalue weighted by molar-refractivity contribution is 5.69. The largest absolute Gasteiger partial charge is 0.493 e. The Bertz CT molecular complexity index is 991. The quantitative estimate of drug-likeness (QED) is 0.358. The van der Waals surface area contributed by atoms with Crippen molar-refractivity contribution in [2.24, 2.45) is 0 Å². The van der Waals surface area contributed by atoms with E-state index in [4.69, 9.17) is 23.7 Å². The van der Waals surface area contributed by atoms with Crippen LogP contribution in [0.3, 0.4) is 0 Å². The van der Waals surface area contributed by atoms with Crippen molar-refractivity contribution in [2.45, 2.75) is 38.6 Å². The van der Waals surface area contributed by atoms with Crippen molar-refractivity contribution in [1.82, 2.24) is 0 Å². The number of esters is 1. The van der Waals surface area contributed by atoms with Crippen molar-refractivity contribution in [3.05, 3.63) is 47.0 Å². The van der Waals surface area contributed by atoms with E-state index in [9.17, 15) is 4.79 Å². The molecule has 0 radical (unpaired) electrons. The van der Waals surface area contributed by atoms with E-state index in [-0.39, 0.29) is 12.0 Å². The molecule has 1 heterocycles. The van der Waals surface area contributed by atoms with Crippen LogP contribution in [-0.2, 0) is 22.4 Å². The molecule has 1 aliphatic heterocycles. The van der Waals surface area contributed by atoms with Gasteiger partial charge in [-0.1, -0.05) is 13.0 Å². The van der Waals surface area contributed by atoms with Crippen LogP contribution in [0.15, 0.2) is 30.3 Å². The van der Waals surface area contributed by atoms with Gasteiger partial charge in [0.05, 0.1) is 61.6 Å². The molecule has 0 saturated heterocycles. The van der Waals surface area contributed by atoms with Crippen LogP contribution in [0.5, 0.6) is 23.0 Å². The van der Waals surface area contributed by atoms with Gasteiger partial charge in [0.25, 0.3) is 0 Å². The van der Waals surface area contributed by atoms with E-state index in [0.29, 0.717) is 31.1 Å². The molecule has 0 aliphatic carbocycles. The van der Waals surface area contributed by atoms with E-state index in [2.05, 4.69) is 25.2 Å². The predicted molar refractivity (Wildman–Crippen MR) is 131 cm³/mol. The van der Waals surface area contributed by atoms with Crippen LogP contribution in [0.25, 0.3) is 0 Å². The number of quaternary nitrogens is 1. The lowest BCUT2D eigenvalue weighted by Crippen LogP contribution is -2.53. The highest BCUT2D eigenvalue weighted by Gasteiger charge is 2.40. The SMILES string of the molecule is CCCOC(=O)CC[N+]1(C)CCc2cc(OC)c(OC)cc2C1Cc1ccc(OC)c(OC)c1. The zero-order valence-corrected chi connectivity index (χ0v) is 21.3. The molecule has 186 valence electrons. The maximum atomic E-state index is 12.3. The molecule has 2 aromatic carbocycles. The second-order valence-corrected chi connectivity index (χ2v) is 8.96. The number of ether oxygens (including phenoxy) is 5. The lowest BCUT2D eigenvalue weighted by atomic mass is 9.86. The third-order valence-corrected chi connectivity index (χ3v) is 6.82. The first-order chi connectivity index (χ1) is 16.4. The molecule has 0 spiro atoms. The Hall–Kier alpha value is -2.93. The summed E-state index contributed by atoms with van der Waals surface area (Å²) in [4.78, 5) is 12.3. The molecule has 0 saturated carbocycles. The summed E-state index contributed by atoms with van der Waals surface area (Å²) in [5.41, 5.74) is 3.62. The van der Waals surface area contributed by atoms with Gasteiger partial charge in [-0.3, -0.25) is 4.79 Å². The second-order valence-electron chi connectivity index (χ2n) is 8.96. The fourth-order valence-corrected chi connectivity index (χ4v) is 4.79. The molecule has 0 amide bonds. The standard InChI is InChI=1S/C27H38NO6/c1-7-14-34-27(29)11-13-28(2)12-10-20-17-25(32-5)26(33-6)18-21(20)22(28)15-19-8-9-23(30-3)24(16-19)31-4/h8-9,16-18,22H,7,10-15H2,1-6H3/q+1. The molecule has 0 N–H and O–H groups in total. The van der Waals surface area contributed by atoms with Gasteiger partial charge in [-0.15, -0.1) is 0 Å². The Morgan fingerprint density at radius 2 is 1.59 bits per heavy atom. The van der Waals surface area contributed by atoms with Gasteiger partial charge in [0.2, 0.25) is 0 Å². The zero-order chi connectivity index (χ0) is 24.7. The third-order valence-electron chi connectivity index (χ3n) is 6.82. The molecule has 7 nitrogen and oxygen atoms in total. The van der Waals surface area contributed by atoms with E-state index in [1.807, 2.05) is 19.1 Å². The number of nitrogens with zero attached hydrogens (tertiary/aromatic N) is 1. The minimum atomic E-state index is -0.135. The van der Waals surface area contributed by atoms with Crippen molar-refractivity contribution in [3.63, 3.8) is 0 Å². The van der Waals surface area contributed by atoms with Gasteiger partial charge >= 0.3 is 5.97 Å². The number of hydrogen-bond acceptors (Lipinski definition) is 6. The molecular formula is C27H38NO6+. The predicted octanol–water partition coefficient (Wildman–Crippen LogP) is 4.35. The van der Waals surface area contributed by atoms with Gasteiger partial charge in [-0.25, -0.2) is 0 Å². The van der Waals surface area contributed by atoms with Crippen molar-refractivity contribution < 1.29 is 33.0 Å². The fourth-order valence-electron chi connectivity index (χ4n) is 4.79. The summed E-state index contributed by atoms with van der Waals surface area (Å²) in [6.07, 6.45) is 2.90. The highest BCUT2D eigenvalue weighted by Crippen LogP contribution is 2.43. The number of fused-ring (bicyclic) bond motifs is 1. The Morgan fingerprint density at radius 1 is 0.941 bits per heavy atom. The average molecular weight is 473 g/mol. The first-order valence-corrected chi connectivity index (χ1v) is 11.8. The Morgan fingerprint density at radius 3 is 2.24 bits per heavy atom. The number of hydrogen-bond donors (Lipinski definition) is 0. The molecule has 34 heavy (non-hydrogen) atoms. The van der Waals surface area contributed by atoms with Crippen LogP contribution < -0.4 is 18.9 Å². The minimum Gasteiger partial charge on any atom is -0.493 e. The number of carbonyl (C=O) groups excluding carboxylic acids is 1. The lowest BCUT2D eigenvalue weighted by Gasteiger charge is -2.46. The molecule has 2 aromatic rings. The molecule has 0 bridgehead atoms. The molecule has 1 aliphatic rings. The number of benzene rings is 2. The summed E-state index contributed by atoms with van der Waals surface area (Å²) in [5, 5.41) is 0. The fraction of sp³-hybridized carbons (Fsp3) is 0.519. The van der Waals surface area contributed by atoms with Gasteiger partial charge in [0.1, 0.15) is 6.04 Å². The number of carbonyl (C=O) groups is 1. The van der Waals surface area contributed by atoms with Crippen LogP contribution in [0.4, 0.5) is 0 Å². The maximum absolute atomic E-state index is 12.3. The highest BCUT2D eigenvalue weighted by atomic mass is 16.5. The Labute approximate surface area is 203 Å². The van der Waals surface area contributed by atoms with E-state index < -0.39 is 0 Å². The van der Waals surface area contributed by atoms with E-state index >= 15 is 0 Å². The topological polar surface area (TPSA) is 63.2 Å². The average Bonchev–Trinajstić information content (AvgIpc) is 2.87. The molecule has 2 unspecified atom stereocenters. The molecule has 0 aromatic heterocycles. The maximum Gasteiger partial charge on any atom is 0.311 e. The zero-order valence-electron chi connectivity index (χ0n) is 21.3. The summed E-state index contributed by atoms with van der Waals surface area (Å²) in [6, 6.07) is 10.4. The number of rotatable bonds is 11. The summed E-state index contributed by atoms with van der Waals surface area (Å²) in [6.45, 7) is 4.09. The first kappa shape index (κ1) is 25.7. The normalized spacial score (nSPS) is 19.2.